The van der Waals surface area contributed by atoms with Gasteiger partial charge in [0.1, 0.15) is 11.6 Å². The fraction of sp³-hybridized carbons (Fsp3) is 0.111. The summed E-state index contributed by atoms with van der Waals surface area (Å²) in [5.41, 5.74) is 6.45. The number of ether oxygens (including phenoxy) is 2. The molecule has 242 valence electrons. The van der Waals surface area contributed by atoms with Crippen LogP contribution in [0.25, 0.3) is 10.4 Å². The molecule has 0 saturated heterocycles. The zero-order valence-electron chi connectivity index (χ0n) is 25.6. The number of esters is 2. The molecule has 6 rings (SSSR count). The van der Waals surface area contributed by atoms with Gasteiger partial charge in [0.2, 0.25) is 9.23 Å². The maximum atomic E-state index is 12.6. The molecule has 2 aliphatic rings. The van der Waals surface area contributed by atoms with Crippen LogP contribution in [0.5, 0.6) is 0 Å². The summed E-state index contributed by atoms with van der Waals surface area (Å²) in [5, 5.41) is 9.40. The molecular weight excluding hydrogens is 675 g/mol. The Bertz CT molecular complexity index is 1910. The SMILES string of the molecule is COC(=O)C(C#N)=C1c2ccccc2C(=O)c2ccccc21.O=C1c2ccccc2Cc2ccccc21.O=S(Cl)Cl.[C-]#[N+]CC(=O)OC. The summed E-state index contributed by atoms with van der Waals surface area (Å²) in [6, 6.07) is 31.5. The van der Waals surface area contributed by atoms with Gasteiger partial charge in [-0.15, -0.1) is 0 Å². The monoisotopic (exact) mass is 700 g/mol. The van der Waals surface area contributed by atoms with Gasteiger partial charge in [0, 0.05) is 49.2 Å². The minimum Gasteiger partial charge on any atom is -0.465 e. The number of hydrogen-bond donors (Lipinski definition) is 0. The lowest BCUT2D eigenvalue weighted by atomic mass is 9.79. The highest BCUT2D eigenvalue weighted by molar-refractivity contribution is 8.26. The van der Waals surface area contributed by atoms with Crippen LogP contribution in [0, 0.1) is 17.9 Å². The van der Waals surface area contributed by atoms with Gasteiger partial charge in [0.25, 0.3) is 0 Å². The summed E-state index contributed by atoms with van der Waals surface area (Å²) in [6.07, 6.45) is 0.873. The first-order valence-corrected chi connectivity index (χ1v) is 16.7. The quantitative estimate of drug-likeness (QED) is 0.0643. The maximum absolute atomic E-state index is 12.6. The number of nitrogens with zero attached hydrogens (tertiary/aromatic N) is 2. The first kappa shape index (κ1) is 37.1. The van der Waals surface area contributed by atoms with Crippen LogP contribution in [0.15, 0.2) is 103 Å². The summed E-state index contributed by atoms with van der Waals surface area (Å²) < 4.78 is 17.9. The zero-order valence-corrected chi connectivity index (χ0v) is 27.9. The molecule has 0 amide bonds. The van der Waals surface area contributed by atoms with Crippen molar-refractivity contribution in [3.05, 3.63) is 159 Å². The molecule has 0 fully saturated rings. The Morgan fingerprint density at radius 1 is 0.750 bits per heavy atom. The summed E-state index contributed by atoms with van der Waals surface area (Å²) in [4.78, 5) is 49.4. The number of ketones is 2. The lowest BCUT2D eigenvalue weighted by Gasteiger charge is -2.22. The Kier molecular flexibility index (Phi) is 14.0. The number of methoxy groups -OCH3 is 2. The third kappa shape index (κ3) is 9.11. The number of benzene rings is 4. The molecule has 12 heteroatoms. The summed E-state index contributed by atoms with van der Waals surface area (Å²) in [5.74, 6) is -1.14. The molecule has 0 unspecified atom stereocenters. The molecule has 0 aliphatic heterocycles. The highest BCUT2D eigenvalue weighted by atomic mass is 36.0. The Balaban J connectivity index is 0.000000207. The number of halogens is 2. The molecule has 9 nitrogen and oxygen atoms in total. The van der Waals surface area contributed by atoms with E-state index >= 15 is 0 Å². The third-order valence-electron chi connectivity index (χ3n) is 6.97. The molecule has 2 aliphatic carbocycles. The van der Waals surface area contributed by atoms with Crippen molar-refractivity contribution in [3.8, 4) is 6.07 Å². The van der Waals surface area contributed by atoms with Crippen LogP contribution in [0.1, 0.15) is 54.1 Å². The van der Waals surface area contributed by atoms with E-state index in [1.807, 2.05) is 54.6 Å². The molecule has 4 aromatic carbocycles. The lowest BCUT2D eigenvalue weighted by Crippen LogP contribution is -2.17. The number of fused-ring (bicyclic) bond motifs is 4. The van der Waals surface area contributed by atoms with E-state index in [1.54, 1.807) is 48.5 Å². The van der Waals surface area contributed by atoms with Gasteiger partial charge in [0.15, 0.2) is 11.6 Å². The van der Waals surface area contributed by atoms with Crippen molar-refractivity contribution in [2.24, 2.45) is 0 Å². The van der Waals surface area contributed by atoms with E-state index in [-0.39, 0.29) is 23.7 Å². The molecule has 0 spiro atoms. The van der Waals surface area contributed by atoms with E-state index in [0.717, 1.165) is 28.7 Å². The summed E-state index contributed by atoms with van der Waals surface area (Å²) >= 11 is 0. The third-order valence-corrected chi connectivity index (χ3v) is 6.97. The number of hydrogen-bond acceptors (Lipinski definition) is 8. The van der Waals surface area contributed by atoms with Gasteiger partial charge in [0.05, 0.1) is 14.2 Å². The smallest absolute Gasteiger partial charge is 0.386 e. The van der Waals surface area contributed by atoms with Crippen LogP contribution in [0.4, 0.5) is 0 Å². The fourth-order valence-electron chi connectivity index (χ4n) is 4.93. The molecule has 0 atom stereocenters. The normalized spacial score (nSPS) is 11.4. The topological polar surface area (TPSA) is 132 Å². The summed E-state index contributed by atoms with van der Waals surface area (Å²) in [6.45, 7) is 5.99. The lowest BCUT2D eigenvalue weighted by molar-refractivity contribution is -0.138. The van der Waals surface area contributed by atoms with Crippen LogP contribution in [-0.2, 0) is 34.7 Å². The van der Waals surface area contributed by atoms with Gasteiger partial charge in [-0.3, -0.25) is 9.59 Å². The minimum atomic E-state index is -1.67. The van der Waals surface area contributed by atoms with Crippen LogP contribution in [-0.4, -0.2) is 48.5 Å². The van der Waals surface area contributed by atoms with Crippen LogP contribution >= 0.6 is 21.4 Å². The van der Waals surface area contributed by atoms with Gasteiger partial charge < -0.3 is 14.3 Å². The van der Waals surface area contributed by atoms with E-state index in [4.69, 9.17) is 15.5 Å². The molecule has 0 aromatic heterocycles. The highest BCUT2D eigenvalue weighted by Crippen LogP contribution is 2.37. The van der Waals surface area contributed by atoms with Crippen molar-refractivity contribution in [1.82, 2.24) is 0 Å². The Labute approximate surface area is 288 Å². The van der Waals surface area contributed by atoms with Gasteiger partial charge in [-0.05, 0) is 28.7 Å². The zero-order chi connectivity index (χ0) is 35.2. The number of carbonyl (C=O) groups is 4. The second-order valence-corrected chi connectivity index (χ2v) is 12.2. The van der Waals surface area contributed by atoms with Crippen LogP contribution in [0.3, 0.4) is 0 Å². The van der Waals surface area contributed by atoms with Gasteiger partial charge in [-0.2, -0.15) is 5.26 Å². The van der Waals surface area contributed by atoms with Crippen molar-refractivity contribution in [1.29, 1.82) is 5.26 Å². The Hall–Kier alpha value is -5.39. The molecule has 0 N–H and O–H groups in total. The van der Waals surface area contributed by atoms with Crippen molar-refractivity contribution < 1.29 is 32.9 Å². The second kappa shape index (κ2) is 18.1. The molecule has 0 bridgehead atoms. The largest absolute Gasteiger partial charge is 0.465 e. The molecular formula is C36H26Cl2N2O7S. The predicted molar refractivity (Wildman–Crippen MR) is 182 cm³/mol. The van der Waals surface area contributed by atoms with Crippen LogP contribution in [0.2, 0.25) is 0 Å². The number of nitriles is 1. The van der Waals surface area contributed by atoms with E-state index in [9.17, 15) is 24.4 Å². The van der Waals surface area contributed by atoms with E-state index < -0.39 is 21.2 Å². The number of carbonyl (C=O) groups excluding carboxylic acids is 4. The number of rotatable bonds is 2. The molecule has 0 heterocycles. The van der Waals surface area contributed by atoms with Gasteiger partial charge in [-0.1, -0.05) is 97.1 Å². The molecule has 48 heavy (non-hydrogen) atoms. The first-order valence-electron chi connectivity index (χ1n) is 13.9. The first-order chi connectivity index (χ1) is 23.1. The second-order valence-electron chi connectivity index (χ2n) is 9.67. The van der Waals surface area contributed by atoms with E-state index in [2.05, 4.69) is 30.9 Å². The predicted octanol–water partition coefficient (Wildman–Crippen LogP) is 6.67. The maximum Gasteiger partial charge on any atom is 0.386 e. The Morgan fingerprint density at radius 3 is 1.48 bits per heavy atom. The van der Waals surface area contributed by atoms with Crippen LogP contribution < -0.4 is 0 Å². The van der Waals surface area contributed by atoms with Crippen molar-refractivity contribution in [2.45, 2.75) is 6.42 Å². The summed E-state index contributed by atoms with van der Waals surface area (Å²) in [7, 11) is 9.84. The average Bonchev–Trinajstić information content (AvgIpc) is 3.10. The Morgan fingerprint density at radius 2 is 1.12 bits per heavy atom. The van der Waals surface area contributed by atoms with E-state index in [1.165, 1.54) is 14.2 Å². The van der Waals surface area contributed by atoms with Crippen molar-refractivity contribution in [2.75, 3.05) is 20.8 Å². The van der Waals surface area contributed by atoms with Crippen molar-refractivity contribution in [3.63, 3.8) is 0 Å². The van der Waals surface area contributed by atoms with Gasteiger partial charge in [-0.25, -0.2) is 20.4 Å². The fourth-order valence-corrected chi connectivity index (χ4v) is 4.93. The molecule has 0 radical (unpaired) electrons. The van der Waals surface area contributed by atoms with E-state index in [0.29, 0.717) is 27.8 Å². The van der Waals surface area contributed by atoms with Gasteiger partial charge >= 0.3 is 18.5 Å². The van der Waals surface area contributed by atoms with Crippen molar-refractivity contribution >= 4 is 59.7 Å². The molecule has 0 saturated carbocycles. The minimum absolute atomic E-state index is 0.102. The molecule has 4 aromatic rings. The standard InChI is InChI=1S/C18H11NO3.C14H10O.C4H5NO2.Cl2OS/c1-22-18(21)15(10-19)16-11-6-2-4-8-13(11)17(20)14-9-5-3-7-12(14)16;15-14-12-7-3-1-5-10(12)9-11-6-2-4-8-13(11)14;1-5-3-4(6)7-2;1-4(2)3/h2-9H,1H3;1-8H,9H2;3H2,2H3;. The highest BCUT2D eigenvalue weighted by Gasteiger charge is 2.30. The average molecular weight is 702 g/mol.